The first-order valence-corrected chi connectivity index (χ1v) is 10.3. The summed E-state index contributed by atoms with van der Waals surface area (Å²) in [6, 6.07) is 11.7. The molecule has 30 heavy (non-hydrogen) atoms. The van der Waals surface area contributed by atoms with E-state index in [0.29, 0.717) is 5.69 Å². The molecule has 1 aromatic heterocycles. The molecule has 0 aliphatic heterocycles. The minimum atomic E-state index is -4.70. The molecule has 0 bridgehead atoms. The van der Waals surface area contributed by atoms with E-state index < -0.39 is 22.0 Å². The van der Waals surface area contributed by atoms with E-state index in [2.05, 4.69) is 9.68 Å². The topological polar surface area (TPSA) is 72.6 Å². The molecule has 3 rings (SSSR count). The molecule has 0 aliphatic carbocycles. The highest BCUT2D eigenvalue weighted by Gasteiger charge is 2.36. The lowest BCUT2D eigenvalue weighted by molar-refractivity contribution is -0.155. The Morgan fingerprint density at radius 1 is 1.13 bits per heavy atom. The van der Waals surface area contributed by atoms with Gasteiger partial charge >= 0.3 is 6.18 Å². The molecule has 0 atom stereocenters. The van der Waals surface area contributed by atoms with Crippen LogP contribution in [0.15, 0.2) is 57.9 Å². The molecule has 0 unspecified atom stereocenters. The average molecular weight is 440 g/mol. The molecule has 1 heterocycles. The minimum absolute atomic E-state index is 0.0596. The zero-order valence-electron chi connectivity index (χ0n) is 16.4. The van der Waals surface area contributed by atoms with Crippen molar-refractivity contribution >= 4 is 15.7 Å². The number of hydrogen-bond acceptors (Lipinski definition) is 5. The Morgan fingerprint density at radius 2 is 1.87 bits per heavy atom. The van der Waals surface area contributed by atoms with Crippen molar-refractivity contribution in [3.63, 3.8) is 0 Å². The summed E-state index contributed by atoms with van der Waals surface area (Å²) in [5.74, 6) is -1.21. The van der Waals surface area contributed by atoms with Crippen LogP contribution in [0.25, 0.3) is 11.3 Å². The summed E-state index contributed by atoms with van der Waals surface area (Å²) >= 11 is 0. The third-order valence-electron chi connectivity index (χ3n) is 4.39. The second kappa shape index (κ2) is 8.02. The largest absolute Gasteiger partial charge is 0.495 e. The number of ether oxygens (including phenoxy) is 1. The summed E-state index contributed by atoms with van der Waals surface area (Å²) in [7, 11) is -2.77. The first-order chi connectivity index (χ1) is 14.1. The lowest BCUT2D eigenvalue weighted by Gasteiger charge is -2.24. The molecule has 0 aliphatic rings. The van der Waals surface area contributed by atoms with Gasteiger partial charge in [-0.15, -0.1) is 0 Å². The molecule has 0 spiro atoms. The average Bonchev–Trinajstić information content (AvgIpc) is 3.18. The Labute approximate surface area is 171 Å². The molecule has 0 saturated carbocycles. The lowest BCUT2D eigenvalue weighted by Crippen LogP contribution is -2.31. The number of hydrogen-bond donors (Lipinski definition) is 0. The monoisotopic (exact) mass is 440 g/mol. The maximum absolute atomic E-state index is 13.4. The van der Waals surface area contributed by atoms with Crippen LogP contribution in [0.4, 0.5) is 18.9 Å². The van der Waals surface area contributed by atoms with Gasteiger partial charge in [-0.1, -0.05) is 17.3 Å². The summed E-state index contributed by atoms with van der Waals surface area (Å²) in [6.45, 7) is 3.67. The Bertz CT molecular complexity index is 1160. The van der Waals surface area contributed by atoms with Crippen LogP contribution in [0.1, 0.15) is 18.2 Å². The van der Waals surface area contributed by atoms with Crippen molar-refractivity contribution in [1.82, 2.24) is 5.16 Å². The molecule has 0 radical (unpaired) electrons. The first-order valence-electron chi connectivity index (χ1n) is 8.89. The van der Waals surface area contributed by atoms with Crippen LogP contribution in [0.2, 0.25) is 0 Å². The number of halogens is 3. The fraction of sp³-hybridized carbons (Fsp3) is 0.250. The standard InChI is InChI=1S/C20H19F3N2O4S/c1-4-25(15-7-5-6-13(2)10-15)30(26,27)18-11-14(8-9-17(18)28-3)16-12-19(29-24-16)20(21,22)23/h5-12H,4H2,1-3H3. The van der Waals surface area contributed by atoms with Gasteiger partial charge in [0.2, 0.25) is 5.76 Å². The van der Waals surface area contributed by atoms with Gasteiger partial charge in [0, 0.05) is 18.2 Å². The van der Waals surface area contributed by atoms with E-state index >= 15 is 0 Å². The number of aryl methyl sites for hydroxylation is 1. The highest BCUT2D eigenvalue weighted by molar-refractivity contribution is 7.93. The molecule has 3 aromatic rings. The highest BCUT2D eigenvalue weighted by atomic mass is 32.2. The van der Waals surface area contributed by atoms with Gasteiger partial charge in [-0.2, -0.15) is 13.2 Å². The highest BCUT2D eigenvalue weighted by Crippen LogP contribution is 2.36. The number of methoxy groups -OCH3 is 1. The van der Waals surface area contributed by atoms with Gasteiger partial charge in [-0.25, -0.2) is 8.42 Å². The smallest absolute Gasteiger partial charge is 0.452 e. The normalized spacial score (nSPS) is 12.1. The summed E-state index contributed by atoms with van der Waals surface area (Å²) in [4.78, 5) is -0.192. The zero-order chi connectivity index (χ0) is 22.1. The summed E-state index contributed by atoms with van der Waals surface area (Å²) in [6.07, 6.45) is -4.70. The van der Waals surface area contributed by atoms with Crippen molar-refractivity contribution in [1.29, 1.82) is 0 Å². The molecule has 0 fully saturated rings. The molecule has 6 nitrogen and oxygen atoms in total. The predicted octanol–water partition coefficient (Wildman–Crippen LogP) is 4.89. The van der Waals surface area contributed by atoms with Crippen LogP contribution in [-0.4, -0.2) is 27.2 Å². The van der Waals surface area contributed by atoms with Gasteiger partial charge in [0.15, 0.2) is 0 Å². The van der Waals surface area contributed by atoms with E-state index in [0.717, 1.165) is 11.6 Å². The molecule has 0 N–H and O–H groups in total. The van der Waals surface area contributed by atoms with Crippen LogP contribution in [0.3, 0.4) is 0 Å². The fourth-order valence-corrected chi connectivity index (χ4v) is 4.63. The Hall–Kier alpha value is -3.01. The second-order valence-corrected chi connectivity index (χ2v) is 8.28. The summed E-state index contributed by atoms with van der Waals surface area (Å²) < 4.78 is 76.1. The predicted molar refractivity (Wildman–Crippen MR) is 105 cm³/mol. The van der Waals surface area contributed by atoms with Gasteiger partial charge in [0.1, 0.15) is 16.3 Å². The van der Waals surface area contributed by atoms with Crippen LogP contribution in [0.5, 0.6) is 5.75 Å². The van der Waals surface area contributed by atoms with E-state index in [1.165, 1.54) is 29.6 Å². The zero-order valence-corrected chi connectivity index (χ0v) is 17.2. The summed E-state index contributed by atoms with van der Waals surface area (Å²) in [5.41, 5.74) is 1.35. The minimum Gasteiger partial charge on any atom is -0.495 e. The van der Waals surface area contributed by atoms with Crippen molar-refractivity contribution in [2.45, 2.75) is 24.9 Å². The van der Waals surface area contributed by atoms with E-state index in [1.54, 1.807) is 25.1 Å². The van der Waals surface area contributed by atoms with Crippen LogP contribution < -0.4 is 9.04 Å². The van der Waals surface area contributed by atoms with E-state index in [1.807, 2.05) is 13.0 Å². The Morgan fingerprint density at radius 3 is 2.43 bits per heavy atom. The van der Waals surface area contributed by atoms with Crippen molar-refractivity contribution in [3.05, 3.63) is 59.9 Å². The number of anilines is 1. The number of sulfonamides is 1. The van der Waals surface area contributed by atoms with Crippen molar-refractivity contribution in [2.24, 2.45) is 0 Å². The quantitative estimate of drug-likeness (QED) is 0.546. The van der Waals surface area contributed by atoms with Gasteiger partial charge in [-0.05, 0) is 49.7 Å². The van der Waals surface area contributed by atoms with Gasteiger partial charge in [-0.3, -0.25) is 4.31 Å². The molecule has 160 valence electrons. The van der Waals surface area contributed by atoms with Crippen molar-refractivity contribution < 1.29 is 30.8 Å². The van der Waals surface area contributed by atoms with Crippen LogP contribution in [0, 0.1) is 6.92 Å². The summed E-state index contributed by atoms with van der Waals surface area (Å²) in [5, 5.41) is 3.42. The molecular weight excluding hydrogens is 421 g/mol. The Kier molecular flexibility index (Phi) is 5.80. The van der Waals surface area contributed by atoms with Gasteiger partial charge in [0.05, 0.1) is 12.8 Å². The Balaban J connectivity index is 2.11. The fourth-order valence-electron chi connectivity index (χ4n) is 2.98. The van der Waals surface area contributed by atoms with Gasteiger partial charge in [0.25, 0.3) is 10.0 Å². The van der Waals surface area contributed by atoms with Crippen LogP contribution >= 0.6 is 0 Å². The SMILES string of the molecule is CCN(c1cccc(C)c1)S(=O)(=O)c1cc(-c2cc(C(F)(F)F)on2)ccc1OC. The van der Waals surface area contributed by atoms with Crippen molar-refractivity contribution in [3.8, 4) is 17.0 Å². The number of nitrogens with zero attached hydrogens (tertiary/aromatic N) is 2. The molecule has 0 amide bonds. The lowest BCUT2D eigenvalue weighted by atomic mass is 10.1. The second-order valence-electron chi connectivity index (χ2n) is 6.45. The third-order valence-corrected chi connectivity index (χ3v) is 6.32. The van der Waals surface area contributed by atoms with Crippen molar-refractivity contribution in [2.75, 3.05) is 18.0 Å². The molecular formula is C20H19F3N2O4S. The van der Waals surface area contributed by atoms with E-state index in [9.17, 15) is 21.6 Å². The van der Waals surface area contributed by atoms with E-state index in [4.69, 9.17) is 4.74 Å². The molecule has 0 saturated heterocycles. The number of alkyl halides is 3. The van der Waals surface area contributed by atoms with Crippen LogP contribution in [-0.2, 0) is 16.2 Å². The number of rotatable bonds is 6. The first kappa shape index (κ1) is 21.7. The third kappa shape index (κ3) is 4.13. The number of aromatic nitrogens is 1. The molecule has 10 heteroatoms. The number of benzene rings is 2. The maximum Gasteiger partial charge on any atom is 0.452 e. The molecule has 2 aromatic carbocycles. The maximum atomic E-state index is 13.4. The van der Waals surface area contributed by atoms with E-state index in [-0.39, 0.29) is 28.4 Å². The van der Waals surface area contributed by atoms with Gasteiger partial charge < -0.3 is 9.26 Å².